The number of nitrogens with zero attached hydrogens (tertiary/aromatic N) is 1. The van der Waals surface area contributed by atoms with Crippen molar-refractivity contribution in [2.24, 2.45) is 0 Å². The normalized spacial score (nSPS) is 12.1. The van der Waals surface area contributed by atoms with E-state index in [1.807, 2.05) is 0 Å². The van der Waals surface area contributed by atoms with Crippen LogP contribution in [-0.4, -0.2) is 41.9 Å². The van der Waals surface area contributed by atoms with E-state index < -0.39 is 12.1 Å². The number of carboxylic acids is 1. The molecule has 0 bridgehead atoms. The van der Waals surface area contributed by atoms with Gasteiger partial charge in [-0.2, -0.15) is 0 Å². The smallest absolute Gasteiger partial charge is 0.306 e. The number of amides is 1. The molecule has 7 nitrogen and oxygen atoms in total. The minimum Gasteiger partial charge on any atom is -0.481 e. The van der Waals surface area contributed by atoms with Crippen molar-refractivity contribution in [3.05, 3.63) is 17.5 Å². The molecule has 1 rings (SSSR count). The maximum absolute atomic E-state index is 11.6. The van der Waals surface area contributed by atoms with Crippen molar-refractivity contribution in [1.82, 2.24) is 10.5 Å². The molecule has 0 aliphatic rings. The molecule has 2 N–H and O–H groups in total. The quantitative estimate of drug-likeness (QED) is 0.739. The highest BCUT2D eigenvalue weighted by molar-refractivity contribution is 5.94. The molecule has 0 aromatic carbocycles. The fourth-order valence-electron chi connectivity index (χ4n) is 1.25. The van der Waals surface area contributed by atoms with Gasteiger partial charge in [-0.15, -0.1) is 0 Å². The molecule has 1 heterocycles. The van der Waals surface area contributed by atoms with Gasteiger partial charge in [-0.25, -0.2) is 0 Å². The summed E-state index contributed by atoms with van der Waals surface area (Å²) in [6.45, 7) is 1.74. The van der Waals surface area contributed by atoms with E-state index in [0.29, 0.717) is 11.3 Å². The summed E-state index contributed by atoms with van der Waals surface area (Å²) in [5, 5.41) is 14.6. The van der Waals surface area contributed by atoms with Gasteiger partial charge in [0.05, 0.1) is 18.7 Å². The molecule has 0 radical (unpaired) electrons. The summed E-state index contributed by atoms with van der Waals surface area (Å²) in [6.07, 6.45) is 0.583. The van der Waals surface area contributed by atoms with Crippen molar-refractivity contribution < 1.29 is 24.0 Å². The summed E-state index contributed by atoms with van der Waals surface area (Å²) in [6, 6.07) is 0. The third-order valence-electron chi connectivity index (χ3n) is 2.22. The van der Waals surface area contributed by atoms with E-state index in [-0.39, 0.29) is 18.9 Å². The molecule has 1 atom stereocenters. The number of rotatable bonds is 6. The van der Waals surface area contributed by atoms with Gasteiger partial charge < -0.3 is 19.7 Å². The van der Waals surface area contributed by atoms with Gasteiger partial charge in [0.1, 0.15) is 11.3 Å². The Balaban J connectivity index is 2.47. The number of ether oxygens (including phenoxy) is 1. The van der Waals surface area contributed by atoms with E-state index >= 15 is 0 Å². The summed E-state index contributed by atoms with van der Waals surface area (Å²) in [7, 11) is 1.39. The molecule has 0 aliphatic heterocycles. The first kappa shape index (κ1) is 13.2. The molecule has 7 heteroatoms. The monoisotopic (exact) mass is 242 g/mol. The van der Waals surface area contributed by atoms with Crippen molar-refractivity contribution >= 4 is 11.9 Å². The summed E-state index contributed by atoms with van der Waals surface area (Å²) < 4.78 is 9.67. The Labute approximate surface area is 97.7 Å². The maximum Gasteiger partial charge on any atom is 0.306 e. The van der Waals surface area contributed by atoms with Gasteiger partial charge in [-0.05, 0) is 6.92 Å². The highest BCUT2D eigenvalue weighted by Gasteiger charge is 2.16. The van der Waals surface area contributed by atoms with Gasteiger partial charge in [-0.3, -0.25) is 9.59 Å². The number of carboxylic acid groups (broad SMARTS) is 1. The van der Waals surface area contributed by atoms with E-state index in [0.717, 1.165) is 0 Å². The topological polar surface area (TPSA) is 102 Å². The van der Waals surface area contributed by atoms with Gasteiger partial charge in [0.25, 0.3) is 5.91 Å². The third kappa shape index (κ3) is 3.87. The molecule has 0 aliphatic carbocycles. The highest BCUT2D eigenvalue weighted by atomic mass is 16.5. The van der Waals surface area contributed by atoms with Crippen molar-refractivity contribution in [2.75, 3.05) is 13.7 Å². The average molecular weight is 242 g/mol. The predicted molar refractivity (Wildman–Crippen MR) is 56.6 cm³/mol. The van der Waals surface area contributed by atoms with Crippen LogP contribution in [0.4, 0.5) is 0 Å². The largest absolute Gasteiger partial charge is 0.481 e. The average Bonchev–Trinajstić information content (AvgIpc) is 2.69. The number of hydrogen-bond acceptors (Lipinski definition) is 5. The second-order valence-electron chi connectivity index (χ2n) is 3.46. The van der Waals surface area contributed by atoms with Gasteiger partial charge in [-0.1, -0.05) is 5.16 Å². The van der Waals surface area contributed by atoms with Crippen LogP contribution in [0.2, 0.25) is 0 Å². The van der Waals surface area contributed by atoms with Gasteiger partial charge in [0.15, 0.2) is 0 Å². The molecular formula is C10H14N2O5. The number of nitrogens with one attached hydrogen (secondary N) is 1. The number of methoxy groups -OCH3 is 1. The number of hydrogen-bond donors (Lipinski definition) is 2. The Hall–Kier alpha value is -1.89. The fourth-order valence-corrected chi connectivity index (χ4v) is 1.25. The van der Waals surface area contributed by atoms with Gasteiger partial charge in [0, 0.05) is 13.7 Å². The Kier molecular flexibility index (Phi) is 4.65. The molecule has 1 unspecified atom stereocenters. The third-order valence-corrected chi connectivity index (χ3v) is 2.22. The first-order chi connectivity index (χ1) is 8.04. The van der Waals surface area contributed by atoms with Crippen LogP contribution in [0, 0.1) is 6.92 Å². The maximum atomic E-state index is 11.6. The van der Waals surface area contributed by atoms with Crippen LogP contribution in [-0.2, 0) is 9.53 Å². The standard InChI is InChI=1S/C10H14N2O5/c1-6-8(5-12-17-6)10(15)11-4-7(16-2)3-9(13)14/h5,7H,3-4H2,1-2H3,(H,11,15)(H,13,14). The zero-order valence-corrected chi connectivity index (χ0v) is 9.60. The summed E-state index contributed by atoms with van der Waals surface area (Å²) in [5.74, 6) is -0.932. The molecule has 1 aromatic rings. The molecule has 17 heavy (non-hydrogen) atoms. The van der Waals surface area contributed by atoms with Crippen molar-refractivity contribution in [2.45, 2.75) is 19.4 Å². The molecule has 0 spiro atoms. The first-order valence-electron chi connectivity index (χ1n) is 4.98. The minimum absolute atomic E-state index is 0.117. The molecule has 94 valence electrons. The summed E-state index contributed by atoms with van der Waals surface area (Å²) in [4.78, 5) is 22.1. The van der Waals surface area contributed by atoms with E-state index in [1.54, 1.807) is 6.92 Å². The van der Waals surface area contributed by atoms with Crippen molar-refractivity contribution in [3.8, 4) is 0 Å². The van der Waals surface area contributed by atoms with Crippen LogP contribution in [0.3, 0.4) is 0 Å². The van der Waals surface area contributed by atoms with Crippen molar-refractivity contribution in [3.63, 3.8) is 0 Å². The molecule has 0 saturated heterocycles. The zero-order valence-electron chi connectivity index (χ0n) is 9.60. The van der Waals surface area contributed by atoms with Crippen LogP contribution in [0.25, 0.3) is 0 Å². The Morgan fingerprint density at radius 2 is 2.35 bits per heavy atom. The number of aryl methyl sites for hydroxylation is 1. The summed E-state index contributed by atoms with van der Waals surface area (Å²) in [5.41, 5.74) is 0.329. The van der Waals surface area contributed by atoms with E-state index in [2.05, 4.69) is 10.5 Å². The lowest BCUT2D eigenvalue weighted by atomic mass is 10.2. The van der Waals surface area contributed by atoms with E-state index in [9.17, 15) is 9.59 Å². The SMILES string of the molecule is COC(CNC(=O)c1cnoc1C)CC(=O)O. The van der Waals surface area contributed by atoms with E-state index in [1.165, 1.54) is 13.3 Å². The predicted octanol–water partition coefficient (Wildman–Crippen LogP) is 0.203. The molecule has 1 amide bonds. The first-order valence-corrected chi connectivity index (χ1v) is 4.98. The van der Waals surface area contributed by atoms with Crippen LogP contribution >= 0.6 is 0 Å². The Morgan fingerprint density at radius 3 is 2.82 bits per heavy atom. The van der Waals surface area contributed by atoms with Crippen LogP contribution < -0.4 is 5.32 Å². The van der Waals surface area contributed by atoms with Gasteiger partial charge in [0.2, 0.25) is 0 Å². The molecule has 0 fully saturated rings. The van der Waals surface area contributed by atoms with Crippen LogP contribution in [0.5, 0.6) is 0 Å². The molecule has 0 saturated carbocycles. The second-order valence-corrected chi connectivity index (χ2v) is 3.46. The molecule has 1 aromatic heterocycles. The lowest BCUT2D eigenvalue weighted by molar-refractivity contribution is -0.139. The van der Waals surface area contributed by atoms with Crippen molar-refractivity contribution in [1.29, 1.82) is 0 Å². The number of aromatic nitrogens is 1. The lowest BCUT2D eigenvalue weighted by Crippen LogP contribution is -2.34. The van der Waals surface area contributed by atoms with Gasteiger partial charge >= 0.3 is 5.97 Å². The second kappa shape index (κ2) is 6.00. The lowest BCUT2D eigenvalue weighted by Gasteiger charge is -2.13. The Morgan fingerprint density at radius 1 is 1.65 bits per heavy atom. The minimum atomic E-state index is -0.979. The van der Waals surface area contributed by atoms with Crippen LogP contribution in [0.15, 0.2) is 10.7 Å². The highest BCUT2D eigenvalue weighted by Crippen LogP contribution is 2.05. The number of carbonyl (C=O) groups excluding carboxylic acids is 1. The zero-order chi connectivity index (χ0) is 12.8. The summed E-state index contributed by atoms with van der Waals surface area (Å²) >= 11 is 0. The Bertz CT molecular complexity index is 401. The number of carbonyl (C=O) groups is 2. The fraction of sp³-hybridized carbons (Fsp3) is 0.500. The number of aliphatic carboxylic acids is 1. The van der Waals surface area contributed by atoms with Crippen LogP contribution in [0.1, 0.15) is 22.5 Å². The molecular weight excluding hydrogens is 228 g/mol. The van der Waals surface area contributed by atoms with E-state index in [4.69, 9.17) is 14.4 Å².